The third-order valence-electron chi connectivity index (χ3n) is 12.0. The van der Waals surface area contributed by atoms with E-state index in [1.807, 2.05) is 36.4 Å². The zero-order chi connectivity index (χ0) is 39.7. The largest absolute Gasteiger partial charge is 0.490 e. The third kappa shape index (κ3) is 6.87. The molecule has 2 aliphatic rings. The minimum absolute atomic E-state index is 0.159. The summed E-state index contributed by atoms with van der Waals surface area (Å²) in [5.41, 5.74) is 1.92. The molecule has 0 radical (unpaired) electrons. The molecule has 0 N–H and O–H groups in total. The Kier molecular flexibility index (Phi) is 11.8. The second-order valence-corrected chi connectivity index (χ2v) is 16.2. The van der Waals surface area contributed by atoms with Gasteiger partial charge in [-0.05, 0) is 87.4 Å². The normalized spacial score (nSPS) is 15.3. The van der Waals surface area contributed by atoms with E-state index in [2.05, 4.69) is 41.5 Å². The van der Waals surface area contributed by atoms with Crippen molar-refractivity contribution in [3.8, 4) is 11.5 Å². The molecule has 0 bridgehead atoms. The van der Waals surface area contributed by atoms with Crippen molar-refractivity contribution in [1.29, 1.82) is 0 Å². The monoisotopic (exact) mass is 758 g/mol. The molecule has 0 saturated heterocycles. The summed E-state index contributed by atoms with van der Waals surface area (Å²) in [4.78, 5) is 60.1. The van der Waals surface area contributed by atoms with E-state index >= 15 is 0 Å². The van der Waals surface area contributed by atoms with Gasteiger partial charge in [0.2, 0.25) is 0 Å². The van der Waals surface area contributed by atoms with Crippen LogP contribution in [-0.4, -0.2) is 58.7 Å². The molecule has 0 aliphatic carbocycles. The molecule has 56 heavy (non-hydrogen) atoms. The molecule has 2 aliphatic heterocycles. The van der Waals surface area contributed by atoms with Crippen molar-refractivity contribution in [3.63, 3.8) is 0 Å². The number of imide groups is 2. The Morgan fingerprint density at radius 3 is 1.18 bits per heavy atom. The number of hydrogen-bond acceptors (Lipinski definition) is 6. The molecule has 0 aromatic heterocycles. The van der Waals surface area contributed by atoms with Crippen LogP contribution in [0.3, 0.4) is 0 Å². The molecule has 2 heterocycles. The first-order valence-electron chi connectivity index (χ1n) is 21.5. The summed E-state index contributed by atoms with van der Waals surface area (Å²) in [6.45, 7) is 13.4. The van der Waals surface area contributed by atoms with Crippen molar-refractivity contribution >= 4 is 66.7 Å². The van der Waals surface area contributed by atoms with Crippen LogP contribution >= 0.6 is 0 Å². The van der Waals surface area contributed by atoms with Gasteiger partial charge in [0.15, 0.2) is 0 Å². The Morgan fingerprint density at radius 2 is 0.804 bits per heavy atom. The zero-order valence-corrected chi connectivity index (χ0v) is 34.3. The van der Waals surface area contributed by atoms with Crippen LogP contribution in [0.1, 0.15) is 173 Å². The Labute approximate surface area is 331 Å². The molecule has 8 heteroatoms. The highest BCUT2D eigenvalue weighted by atomic mass is 16.5. The van der Waals surface area contributed by atoms with Gasteiger partial charge in [0, 0.05) is 56.5 Å². The summed E-state index contributed by atoms with van der Waals surface area (Å²) in [6.07, 6.45) is 13.0. The lowest BCUT2D eigenvalue weighted by Gasteiger charge is -2.32. The van der Waals surface area contributed by atoms with E-state index < -0.39 is 0 Å². The summed E-state index contributed by atoms with van der Waals surface area (Å²) >= 11 is 0. The average Bonchev–Trinajstić information content (AvgIpc) is 3.18. The fourth-order valence-corrected chi connectivity index (χ4v) is 9.03. The van der Waals surface area contributed by atoms with Crippen LogP contribution in [0.15, 0.2) is 36.4 Å². The smallest absolute Gasteiger partial charge is 0.261 e. The van der Waals surface area contributed by atoms with Crippen molar-refractivity contribution in [2.45, 2.75) is 144 Å². The first kappa shape index (κ1) is 39.5. The maximum absolute atomic E-state index is 14.4. The number of hydrogen-bond donors (Lipinski definition) is 0. The molecule has 4 amide bonds. The topological polar surface area (TPSA) is 93.2 Å². The second-order valence-electron chi connectivity index (χ2n) is 16.2. The van der Waals surface area contributed by atoms with E-state index in [1.165, 1.54) is 9.80 Å². The molecule has 8 nitrogen and oxygen atoms in total. The van der Waals surface area contributed by atoms with E-state index in [-0.39, 0.29) is 35.8 Å². The lowest BCUT2D eigenvalue weighted by molar-refractivity contribution is 0.0592. The molecule has 0 fully saturated rings. The molecule has 5 aromatic rings. The van der Waals surface area contributed by atoms with Crippen LogP contribution in [0.4, 0.5) is 0 Å². The van der Waals surface area contributed by atoms with E-state index in [4.69, 9.17) is 9.47 Å². The van der Waals surface area contributed by atoms with Gasteiger partial charge in [-0.3, -0.25) is 29.0 Å². The number of nitrogens with zero attached hydrogens (tertiary/aromatic N) is 2. The van der Waals surface area contributed by atoms with Gasteiger partial charge in [-0.1, -0.05) is 91.2 Å². The number of carbonyl (C=O) groups excluding carboxylic acids is 4. The summed E-state index contributed by atoms with van der Waals surface area (Å²) < 4.78 is 13.9. The van der Waals surface area contributed by atoms with Gasteiger partial charge in [0.25, 0.3) is 23.6 Å². The maximum Gasteiger partial charge on any atom is 0.261 e. The molecule has 296 valence electrons. The number of fused-ring (bicyclic) bond motifs is 2. The zero-order valence-electron chi connectivity index (χ0n) is 34.3. The predicted octanol–water partition coefficient (Wildman–Crippen LogP) is 12.0. The molecule has 0 saturated carbocycles. The van der Waals surface area contributed by atoms with Crippen LogP contribution in [0, 0.1) is 0 Å². The first-order valence-corrected chi connectivity index (χ1v) is 21.5. The number of unbranched alkanes of at least 4 members (excludes halogenated alkanes) is 8. The van der Waals surface area contributed by atoms with Crippen LogP contribution < -0.4 is 9.47 Å². The van der Waals surface area contributed by atoms with Gasteiger partial charge >= 0.3 is 0 Å². The Morgan fingerprint density at radius 1 is 0.446 bits per heavy atom. The van der Waals surface area contributed by atoms with Gasteiger partial charge in [-0.25, -0.2) is 0 Å². The number of rotatable bonds is 20. The predicted molar refractivity (Wildman–Crippen MR) is 226 cm³/mol. The molecule has 2 atom stereocenters. The summed E-state index contributed by atoms with van der Waals surface area (Å²) in [6, 6.07) is 11.3. The second kappa shape index (κ2) is 16.8. The maximum atomic E-state index is 14.4. The molecule has 2 unspecified atom stereocenters. The van der Waals surface area contributed by atoms with Gasteiger partial charge in [0.05, 0.1) is 23.3 Å². The van der Waals surface area contributed by atoms with Gasteiger partial charge in [-0.2, -0.15) is 0 Å². The number of ether oxygens (including phenoxy) is 2. The van der Waals surface area contributed by atoms with E-state index in [0.717, 1.165) is 122 Å². The molecular weight excluding hydrogens is 701 g/mol. The molecule has 7 rings (SSSR count). The summed E-state index contributed by atoms with van der Waals surface area (Å²) in [7, 11) is 0. The van der Waals surface area contributed by atoms with Crippen molar-refractivity contribution in [1.82, 2.24) is 9.80 Å². The highest BCUT2D eigenvalue weighted by Crippen LogP contribution is 2.52. The van der Waals surface area contributed by atoms with Crippen molar-refractivity contribution in [3.05, 3.63) is 58.7 Å². The highest BCUT2D eigenvalue weighted by molar-refractivity contribution is 6.43. The lowest BCUT2D eigenvalue weighted by Crippen LogP contribution is -2.41. The SMILES string of the molecule is CCCCCC(C)Oc1cc2c3c(ccc4c5ccc6c7c(cc(OC(C)CCCCC)c(c1c34)c75)C(=O)N(CCCCC)C6=O)C(=O)N(CCCCC)C2=O. The minimum atomic E-state index is -0.304. The summed E-state index contributed by atoms with van der Waals surface area (Å²) in [5, 5.41) is 5.99. The first-order chi connectivity index (χ1) is 27.2. The number of benzene rings is 5. The highest BCUT2D eigenvalue weighted by Gasteiger charge is 2.39. The van der Waals surface area contributed by atoms with E-state index in [9.17, 15) is 19.2 Å². The van der Waals surface area contributed by atoms with E-state index in [1.54, 1.807) is 0 Å². The van der Waals surface area contributed by atoms with Gasteiger partial charge in [0.1, 0.15) is 11.5 Å². The molecule has 5 aromatic carbocycles. The molecule has 0 spiro atoms. The van der Waals surface area contributed by atoms with Crippen LogP contribution in [-0.2, 0) is 0 Å². The fourth-order valence-electron chi connectivity index (χ4n) is 9.03. The Balaban J connectivity index is 1.56. The quantitative estimate of drug-likeness (QED) is 0.0339. The third-order valence-corrected chi connectivity index (χ3v) is 12.0. The van der Waals surface area contributed by atoms with Crippen molar-refractivity contribution < 1.29 is 28.7 Å². The number of carbonyl (C=O) groups is 4. The van der Waals surface area contributed by atoms with Gasteiger partial charge < -0.3 is 9.47 Å². The molecular formula is C48H58N2O6. The van der Waals surface area contributed by atoms with Crippen LogP contribution in [0.5, 0.6) is 11.5 Å². The van der Waals surface area contributed by atoms with E-state index in [0.29, 0.717) is 57.6 Å². The number of amides is 4. The standard InChI is InChI=1S/C48H58N2O6/c1-7-11-15-19-29(5)55-37-27-35-39-33(45(51)49(47(35)53)25-17-13-9-3)23-21-31-32-22-24-34-40-36(48(54)50(46(34)52)26-18-14-10-4)28-38(56-30(6)20-16-12-8-2)44(42(32)40)43(37)41(31)39/h21-24,27-30H,7-20,25-26H2,1-6H3. The Bertz CT molecular complexity index is 2150. The minimum Gasteiger partial charge on any atom is -0.490 e. The lowest BCUT2D eigenvalue weighted by atomic mass is 9.81. The van der Waals surface area contributed by atoms with Crippen molar-refractivity contribution in [2.24, 2.45) is 0 Å². The van der Waals surface area contributed by atoms with Crippen LogP contribution in [0.25, 0.3) is 43.1 Å². The summed E-state index contributed by atoms with van der Waals surface area (Å²) in [5.74, 6) is -0.0705. The fraction of sp³-hybridized carbons (Fsp3) is 0.500. The average molecular weight is 759 g/mol. The van der Waals surface area contributed by atoms with Crippen molar-refractivity contribution in [2.75, 3.05) is 13.1 Å². The van der Waals surface area contributed by atoms with Gasteiger partial charge in [-0.15, -0.1) is 0 Å². The Hall–Kier alpha value is -4.72. The van der Waals surface area contributed by atoms with Crippen LogP contribution in [0.2, 0.25) is 0 Å².